The summed E-state index contributed by atoms with van der Waals surface area (Å²) in [6.07, 6.45) is 0. The van der Waals surface area contributed by atoms with Gasteiger partial charge in [-0.05, 0) is 10.8 Å². The Morgan fingerprint density at radius 3 is 2.05 bits per heavy atom. The van der Waals surface area contributed by atoms with E-state index in [1.165, 1.54) is 0 Å². The van der Waals surface area contributed by atoms with Crippen LogP contribution in [0.25, 0.3) is 0 Å². The molecule has 1 aliphatic rings. The third kappa shape index (κ3) is 2.28. The van der Waals surface area contributed by atoms with Crippen molar-refractivity contribution < 1.29 is 0 Å². The third-order valence-electron chi connectivity index (χ3n) is 4.73. The molecule has 0 aromatic carbocycles. The number of aromatic nitrogens is 2. The molecule has 0 unspecified atom stereocenters. The van der Waals surface area contributed by atoms with Crippen molar-refractivity contribution in [3.8, 4) is 0 Å². The standard InChI is InChI=1S/C15H26N4/c1-13(2,3)12-17-9(16)8-10(19-12)18-11-14(4,5)15(11,6)7/h8,11H,1-7H3,(H3,16,17,18,19). The Kier molecular flexibility index (Phi) is 2.85. The Morgan fingerprint density at radius 1 is 1.11 bits per heavy atom. The van der Waals surface area contributed by atoms with Gasteiger partial charge in [-0.1, -0.05) is 48.5 Å². The minimum absolute atomic E-state index is 0.0968. The van der Waals surface area contributed by atoms with Crippen LogP contribution >= 0.6 is 0 Å². The number of nitrogens with zero attached hydrogens (tertiary/aromatic N) is 2. The third-order valence-corrected chi connectivity index (χ3v) is 4.73. The molecule has 1 heterocycles. The van der Waals surface area contributed by atoms with E-state index >= 15 is 0 Å². The highest BCUT2D eigenvalue weighted by Gasteiger charge is 2.65. The summed E-state index contributed by atoms with van der Waals surface area (Å²) in [6.45, 7) is 15.4. The molecule has 0 atom stereocenters. The van der Waals surface area contributed by atoms with Crippen molar-refractivity contribution in [3.63, 3.8) is 0 Å². The molecular weight excluding hydrogens is 236 g/mol. The van der Waals surface area contributed by atoms with Crippen molar-refractivity contribution in [3.05, 3.63) is 11.9 Å². The van der Waals surface area contributed by atoms with Crippen LogP contribution in [-0.4, -0.2) is 16.0 Å². The predicted molar refractivity (Wildman–Crippen MR) is 80.1 cm³/mol. The van der Waals surface area contributed by atoms with Gasteiger partial charge in [0.1, 0.15) is 17.5 Å². The van der Waals surface area contributed by atoms with Crippen molar-refractivity contribution in [2.24, 2.45) is 10.8 Å². The Balaban J connectivity index is 2.26. The molecule has 19 heavy (non-hydrogen) atoms. The van der Waals surface area contributed by atoms with Crippen LogP contribution in [0.1, 0.15) is 54.3 Å². The van der Waals surface area contributed by atoms with E-state index in [-0.39, 0.29) is 16.2 Å². The molecule has 2 rings (SSSR count). The zero-order chi connectivity index (χ0) is 14.6. The highest BCUT2D eigenvalue weighted by atomic mass is 15.1. The van der Waals surface area contributed by atoms with Gasteiger partial charge in [0.25, 0.3) is 0 Å². The van der Waals surface area contributed by atoms with Gasteiger partial charge in [-0.15, -0.1) is 0 Å². The van der Waals surface area contributed by atoms with E-state index in [2.05, 4.69) is 63.8 Å². The molecule has 0 amide bonds. The number of nitrogen functional groups attached to an aromatic ring is 1. The quantitative estimate of drug-likeness (QED) is 0.859. The summed E-state index contributed by atoms with van der Waals surface area (Å²) in [6, 6.07) is 2.24. The highest BCUT2D eigenvalue weighted by Crippen LogP contribution is 2.63. The summed E-state index contributed by atoms with van der Waals surface area (Å²) < 4.78 is 0. The van der Waals surface area contributed by atoms with Gasteiger partial charge in [0.15, 0.2) is 0 Å². The van der Waals surface area contributed by atoms with E-state index in [9.17, 15) is 0 Å². The lowest BCUT2D eigenvalue weighted by Crippen LogP contribution is -2.19. The molecule has 1 fully saturated rings. The summed E-state index contributed by atoms with van der Waals surface area (Å²) in [5.74, 6) is 2.14. The zero-order valence-corrected chi connectivity index (χ0v) is 13.1. The molecule has 0 spiro atoms. The average molecular weight is 262 g/mol. The van der Waals surface area contributed by atoms with Gasteiger partial charge in [0, 0.05) is 17.5 Å². The molecule has 1 saturated carbocycles. The number of hydrogen-bond donors (Lipinski definition) is 2. The fourth-order valence-electron chi connectivity index (χ4n) is 2.58. The molecule has 4 heteroatoms. The summed E-state index contributed by atoms with van der Waals surface area (Å²) >= 11 is 0. The summed E-state index contributed by atoms with van der Waals surface area (Å²) in [4.78, 5) is 8.95. The summed E-state index contributed by atoms with van der Waals surface area (Å²) in [5.41, 5.74) is 6.34. The van der Waals surface area contributed by atoms with E-state index in [1.807, 2.05) is 6.07 Å². The largest absolute Gasteiger partial charge is 0.384 e. The number of rotatable bonds is 2. The fourth-order valence-corrected chi connectivity index (χ4v) is 2.58. The Morgan fingerprint density at radius 2 is 1.63 bits per heavy atom. The maximum absolute atomic E-state index is 5.90. The molecule has 3 N–H and O–H groups in total. The van der Waals surface area contributed by atoms with Crippen LogP contribution < -0.4 is 11.1 Å². The zero-order valence-electron chi connectivity index (χ0n) is 13.1. The van der Waals surface area contributed by atoms with Gasteiger partial charge >= 0.3 is 0 Å². The Bertz CT molecular complexity index is 483. The second-order valence-corrected chi connectivity index (χ2v) is 7.77. The topological polar surface area (TPSA) is 63.8 Å². The first kappa shape index (κ1) is 14.1. The molecule has 106 valence electrons. The van der Waals surface area contributed by atoms with Crippen LogP contribution in [0.15, 0.2) is 6.07 Å². The second-order valence-electron chi connectivity index (χ2n) is 7.77. The minimum atomic E-state index is -0.0968. The van der Waals surface area contributed by atoms with E-state index in [1.54, 1.807) is 0 Å². The molecule has 1 aromatic rings. The number of anilines is 2. The molecule has 0 aliphatic heterocycles. The number of hydrogen-bond acceptors (Lipinski definition) is 4. The van der Waals surface area contributed by atoms with Crippen LogP contribution in [0.4, 0.5) is 11.6 Å². The van der Waals surface area contributed by atoms with Crippen LogP contribution in [0.2, 0.25) is 0 Å². The lowest BCUT2D eigenvalue weighted by molar-refractivity contribution is 0.457. The molecule has 1 aromatic heterocycles. The smallest absolute Gasteiger partial charge is 0.138 e. The monoisotopic (exact) mass is 262 g/mol. The maximum atomic E-state index is 5.90. The predicted octanol–water partition coefficient (Wildman–Crippen LogP) is 3.20. The first-order valence-corrected chi connectivity index (χ1v) is 6.88. The van der Waals surface area contributed by atoms with E-state index in [0.717, 1.165) is 11.6 Å². The van der Waals surface area contributed by atoms with Gasteiger partial charge in [0.2, 0.25) is 0 Å². The maximum Gasteiger partial charge on any atom is 0.138 e. The van der Waals surface area contributed by atoms with Crippen molar-refractivity contribution in [1.29, 1.82) is 0 Å². The molecule has 4 nitrogen and oxygen atoms in total. The van der Waals surface area contributed by atoms with Crippen LogP contribution in [0.5, 0.6) is 0 Å². The highest BCUT2D eigenvalue weighted by molar-refractivity contribution is 5.48. The van der Waals surface area contributed by atoms with Crippen molar-refractivity contribution in [1.82, 2.24) is 9.97 Å². The summed E-state index contributed by atoms with van der Waals surface area (Å²) in [5, 5.41) is 3.52. The van der Waals surface area contributed by atoms with E-state index in [0.29, 0.717) is 11.9 Å². The van der Waals surface area contributed by atoms with E-state index in [4.69, 9.17) is 5.73 Å². The van der Waals surface area contributed by atoms with Crippen LogP contribution in [-0.2, 0) is 5.41 Å². The van der Waals surface area contributed by atoms with Gasteiger partial charge in [0.05, 0.1) is 0 Å². The molecule has 0 bridgehead atoms. The Hall–Kier alpha value is -1.32. The normalized spacial score (nSPS) is 21.2. The lowest BCUT2D eigenvalue weighted by Gasteiger charge is -2.18. The second kappa shape index (κ2) is 3.84. The fraction of sp³-hybridized carbons (Fsp3) is 0.733. The average Bonchev–Trinajstić information content (AvgIpc) is 2.59. The van der Waals surface area contributed by atoms with Gasteiger partial charge in [-0.2, -0.15) is 0 Å². The molecule has 0 saturated heterocycles. The number of nitrogens with two attached hydrogens (primary N) is 1. The van der Waals surface area contributed by atoms with Crippen LogP contribution in [0.3, 0.4) is 0 Å². The molecular formula is C15H26N4. The first-order valence-electron chi connectivity index (χ1n) is 6.88. The SMILES string of the molecule is CC(C)(C)c1nc(N)cc(NC2C(C)(C)C2(C)C)n1. The van der Waals surface area contributed by atoms with Crippen molar-refractivity contribution in [2.45, 2.75) is 59.9 Å². The Labute approximate surface area is 116 Å². The van der Waals surface area contributed by atoms with Crippen molar-refractivity contribution in [2.75, 3.05) is 11.1 Å². The van der Waals surface area contributed by atoms with Crippen LogP contribution in [0, 0.1) is 10.8 Å². The summed E-state index contributed by atoms with van der Waals surface area (Å²) in [7, 11) is 0. The molecule has 0 radical (unpaired) electrons. The van der Waals surface area contributed by atoms with Gasteiger partial charge < -0.3 is 11.1 Å². The van der Waals surface area contributed by atoms with E-state index < -0.39 is 0 Å². The number of nitrogens with one attached hydrogen (secondary N) is 1. The first-order chi connectivity index (χ1) is 8.46. The van der Waals surface area contributed by atoms with Gasteiger partial charge in [-0.3, -0.25) is 0 Å². The lowest BCUT2D eigenvalue weighted by atomic mass is 9.96. The molecule has 1 aliphatic carbocycles. The van der Waals surface area contributed by atoms with Crippen molar-refractivity contribution >= 4 is 11.6 Å². The van der Waals surface area contributed by atoms with Gasteiger partial charge in [-0.25, -0.2) is 9.97 Å². The minimum Gasteiger partial charge on any atom is -0.384 e.